The molecule has 0 radical (unpaired) electrons. The highest BCUT2D eigenvalue weighted by Crippen LogP contribution is 2.26. The zero-order chi connectivity index (χ0) is 21.1. The van der Waals surface area contributed by atoms with Crippen LogP contribution in [0.4, 0.5) is 11.4 Å². The summed E-state index contributed by atoms with van der Waals surface area (Å²) < 4.78 is 27.9. The first-order valence-electron chi connectivity index (χ1n) is 7.39. The molecule has 2 rings (SSSR count). The second-order valence-electron chi connectivity index (χ2n) is 5.46. The quantitative estimate of drug-likeness (QED) is 0.409. The van der Waals surface area contributed by atoms with Gasteiger partial charge in [-0.25, -0.2) is 13.2 Å². The highest BCUT2D eigenvalue weighted by Gasteiger charge is 2.18. The topological polar surface area (TPSA) is 133 Å². The highest BCUT2D eigenvalue weighted by atomic mass is 35.5. The number of nitro benzene ring substituents is 1. The third-order valence-corrected chi connectivity index (χ3v) is 5.11. The molecule has 12 heteroatoms. The highest BCUT2D eigenvalue weighted by molar-refractivity contribution is 7.90. The molecule has 0 atom stereocenters. The molecule has 28 heavy (non-hydrogen) atoms. The van der Waals surface area contributed by atoms with E-state index in [1.54, 1.807) is 0 Å². The van der Waals surface area contributed by atoms with E-state index in [4.69, 9.17) is 27.9 Å². The van der Waals surface area contributed by atoms with E-state index in [0.29, 0.717) is 0 Å². The Morgan fingerprint density at radius 2 is 1.79 bits per heavy atom. The van der Waals surface area contributed by atoms with Gasteiger partial charge in [0.2, 0.25) is 0 Å². The van der Waals surface area contributed by atoms with Crippen LogP contribution in [0.3, 0.4) is 0 Å². The van der Waals surface area contributed by atoms with Crippen LogP contribution in [-0.2, 0) is 19.4 Å². The number of anilines is 1. The summed E-state index contributed by atoms with van der Waals surface area (Å²) in [5.74, 6) is -1.77. The van der Waals surface area contributed by atoms with Gasteiger partial charge in [-0.05, 0) is 30.3 Å². The van der Waals surface area contributed by atoms with Gasteiger partial charge >= 0.3 is 5.97 Å². The summed E-state index contributed by atoms with van der Waals surface area (Å²) in [7, 11) is -3.52. The summed E-state index contributed by atoms with van der Waals surface area (Å²) >= 11 is 11.6. The zero-order valence-electron chi connectivity index (χ0n) is 14.1. The fourth-order valence-electron chi connectivity index (χ4n) is 2.01. The van der Waals surface area contributed by atoms with Crippen LogP contribution in [0.15, 0.2) is 41.3 Å². The molecule has 2 aromatic rings. The Labute approximate surface area is 169 Å². The lowest BCUT2D eigenvalue weighted by Crippen LogP contribution is -2.21. The number of nitro groups is 1. The van der Waals surface area contributed by atoms with Crippen molar-refractivity contribution in [1.82, 2.24) is 0 Å². The summed E-state index contributed by atoms with van der Waals surface area (Å²) in [6.07, 6.45) is 0.995. The lowest BCUT2D eigenvalue weighted by molar-refractivity contribution is -0.384. The van der Waals surface area contributed by atoms with E-state index in [9.17, 15) is 28.1 Å². The number of carbonyl (C=O) groups excluding carboxylic acids is 2. The number of sulfone groups is 1. The molecule has 0 heterocycles. The van der Waals surface area contributed by atoms with Crippen molar-refractivity contribution in [3.63, 3.8) is 0 Å². The number of benzene rings is 2. The molecule has 0 unspecified atom stereocenters. The first kappa shape index (κ1) is 21.6. The molecule has 2 aromatic carbocycles. The second-order valence-corrected chi connectivity index (χ2v) is 8.29. The average Bonchev–Trinajstić information content (AvgIpc) is 2.60. The molecule has 0 spiro atoms. The Bertz CT molecular complexity index is 1070. The third-order valence-electron chi connectivity index (χ3n) is 3.35. The van der Waals surface area contributed by atoms with Crippen LogP contribution in [0.25, 0.3) is 0 Å². The molecule has 148 valence electrons. The van der Waals surface area contributed by atoms with Gasteiger partial charge < -0.3 is 10.1 Å². The maximum absolute atomic E-state index is 12.0. The molecule has 0 fully saturated rings. The standard InChI is InChI=1S/C16H12Cl2N2O7S/c1-28(25,26)10-3-5-11(17)13(7-10)19-15(21)8-27-16(22)9-2-4-12(18)14(6-9)20(23)24/h2-7H,8H2,1H3,(H,19,21). The Morgan fingerprint density at radius 3 is 2.39 bits per heavy atom. The summed E-state index contributed by atoms with van der Waals surface area (Å²) in [5.41, 5.74) is -0.626. The van der Waals surface area contributed by atoms with E-state index in [2.05, 4.69) is 5.32 Å². The lowest BCUT2D eigenvalue weighted by atomic mass is 10.2. The average molecular weight is 447 g/mol. The van der Waals surface area contributed by atoms with Crippen molar-refractivity contribution in [1.29, 1.82) is 0 Å². The van der Waals surface area contributed by atoms with Crippen molar-refractivity contribution in [2.45, 2.75) is 4.90 Å². The SMILES string of the molecule is CS(=O)(=O)c1ccc(Cl)c(NC(=O)COC(=O)c2ccc(Cl)c([N+](=O)[O-])c2)c1. The van der Waals surface area contributed by atoms with E-state index >= 15 is 0 Å². The third kappa shape index (κ3) is 5.41. The molecule has 0 aliphatic heterocycles. The van der Waals surface area contributed by atoms with E-state index in [1.165, 1.54) is 24.3 Å². The van der Waals surface area contributed by atoms with Crippen molar-refractivity contribution in [2.24, 2.45) is 0 Å². The summed E-state index contributed by atoms with van der Waals surface area (Å²) in [6.45, 7) is -0.727. The number of halogens is 2. The molecule has 1 amide bonds. The normalized spacial score (nSPS) is 11.0. The number of carbonyl (C=O) groups is 2. The molecule has 9 nitrogen and oxygen atoms in total. The molecule has 0 aliphatic rings. The minimum Gasteiger partial charge on any atom is -0.452 e. The number of rotatable bonds is 6. The van der Waals surface area contributed by atoms with Crippen LogP contribution in [-0.4, -0.2) is 38.1 Å². The van der Waals surface area contributed by atoms with Crippen LogP contribution in [0, 0.1) is 10.1 Å². The molecule has 1 N–H and O–H groups in total. The fraction of sp³-hybridized carbons (Fsp3) is 0.125. The Morgan fingerprint density at radius 1 is 1.14 bits per heavy atom. The number of esters is 1. The van der Waals surface area contributed by atoms with Crippen LogP contribution >= 0.6 is 23.2 Å². The van der Waals surface area contributed by atoms with Crippen LogP contribution in [0.2, 0.25) is 10.0 Å². The number of hydrogen-bond donors (Lipinski definition) is 1. The van der Waals surface area contributed by atoms with Gasteiger partial charge in [0, 0.05) is 12.3 Å². The number of amides is 1. The first-order valence-corrected chi connectivity index (χ1v) is 10.0. The van der Waals surface area contributed by atoms with Gasteiger partial charge in [0.15, 0.2) is 16.4 Å². The molecule has 0 aliphatic carbocycles. The molecule has 0 aromatic heterocycles. The van der Waals surface area contributed by atoms with Gasteiger partial charge in [0.05, 0.1) is 26.1 Å². The molecule has 0 bridgehead atoms. The number of ether oxygens (including phenoxy) is 1. The molecular weight excluding hydrogens is 435 g/mol. The van der Waals surface area contributed by atoms with Crippen LogP contribution in [0.1, 0.15) is 10.4 Å². The van der Waals surface area contributed by atoms with E-state index in [1.807, 2.05) is 0 Å². The van der Waals surface area contributed by atoms with E-state index in [0.717, 1.165) is 18.4 Å². The van der Waals surface area contributed by atoms with Gasteiger partial charge in [0.25, 0.3) is 11.6 Å². The minimum atomic E-state index is -3.52. The minimum absolute atomic E-state index is 0.0211. The predicted octanol–water partition coefficient (Wildman–Crippen LogP) is 3.10. The molecule has 0 saturated carbocycles. The second kappa shape index (κ2) is 8.55. The monoisotopic (exact) mass is 446 g/mol. The van der Waals surface area contributed by atoms with Crippen LogP contribution in [0.5, 0.6) is 0 Å². The Kier molecular flexibility index (Phi) is 6.60. The maximum Gasteiger partial charge on any atom is 0.338 e. The Hall–Kier alpha value is -2.69. The molecular formula is C16H12Cl2N2O7S. The van der Waals surface area contributed by atoms with Crippen molar-refractivity contribution in [3.8, 4) is 0 Å². The van der Waals surface area contributed by atoms with Gasteiger partial charge in [0.1, 0.15) is 5.02 Å². The summed E-state index contributed by atoms with van der Waals surface area (Å²) in [5, 5.41) is 13.1. The van der Waals surface area contributed by atoms with Gasteiger partial charge in [-0.3, -0.25) is 14.9 Å². The largest absolute Gasteiger partial charge is 0.452 e. The van der Waals surface area contributed by atoms with E-state index in [-0.39, 0.29) is 26.2 Å². The van der Waals surface area contributed by atoms with Crippen molar-refractivity contribution >= 4 is 56.3 Å². The van der Waals surface area contributed by atoms with Crippen molar-refractivity contribution in [2.75, 3.05) is 18.2 Å². The van der Waals surface area contributed by atoms with Gasteiger partial charge in [-0.15, -0.1) is 0 Å². The summed E-state index contributed by atoms with van der Waals surface area (Å²) in [4.78, 5) is 34.0. The predicted molar refractivity (Wildman–Crippen MR) is 102 cm³/mol. The van der Waals surface area contributed by atoms with Gasteiger partial charge in [-0.1, -0.05) is 23.2 Å². The molecule has 0 saturated heterocycles. The zero-order valence-corrected chi connectivity index (χ0v) is 16.5. The number of hydrogen-bond acceptors (Lipinski definition) is 7. The van der Waals surface area contributed by atoms with Gasteiger partial charge in [-0.2, -0.15) is 0 Å². The van der Waals surface area contributed by atoms with E-state index < -0.39 is 38.9 Å². The summed E-state index contributed by atoms with van der Waals surface area (Å²) in [6, 6.07) is 7.04. The van der Waals surface area contributed by atoms with Crippen LogP contribution < -0.4 is 5.32 Å². The smallest absolute Gasteiger partial charge is 0.338 e. The first-order chi connectivity index (χ1) is 13.0. The lowest BCUT2D eigenvalue weighted by Gasteiger charge is -2.09. The maximum atomic E-state index is 12.0. The number of nitrogens with one attached hydrogen (secondary N) is 1. The fourth-order valence-corrected chi connectivity index (χ4v) is 3.01. The van der Waals surface area contributed by atoms with Crippen molar-refractivity contribution < 1.29 is 27.7 Å². The Balaban J connectivity index is 2.06. The number of nitrogens with zero attached hydrogens (tertiary/aromatic N) is 1. The van der Waals surface area contributed by atoms with Crippen molar-refractivity contribution in [3.05, 3.63) is 62.1 Å².